The van der Waals surface area contributed by atoms with Gasteiger partial charge in [0.25, 0.3) is 0 Å². The molecule has 2 saturated heterocycles. The lowest BCUT2D eigenvalue weighted by atomic mass is 9.54. The molecule has 0 amide bonds. The Balaban J connectivity index is 1.82. The zero-order chi connectivity index (χ0) is 13.9. The van der Waals surface area contributed by atoms with E-state index in [1.807, 2.05) is 0 Å². The maximum Gasteiger partial charge on any atom is 0.137 e. The highest BCUT2D eigenvalue weighted by Gasteiger charge is 2.65. The van der Waals surface area contributed by atoms with Gasteiger partial charge in [0.1, 0.15) is 5.78 Å². The monoisotopic (exact) mass is 279 g/mol. The lowest BCUT2D eigenvalue weighted by Crippen LogP contribution is -2.62. The summed E-state index contributed by atoms with van der Waals surface area (Å²) in [6.45, 7) is 2.28. The fraction of sp³-hybridized carbons (Fsp3) is 0.938. The average molecular weight is 279 g/mol. The van der Waals surface area contributed by atoms with E-state index < -0.39 is 6.10 Å². The number of aliphatic hydroxyl groups excluding tert-OH is 2. The normalized spacial score (nSPS) is 54.4. The van der Waals surface area contributed by atoms with Crippen LogP contribution in [0.4, 0.5) is 0 Å². The van der Waals surface area contributed by atoms with Crippen LogP contribution < -0.4 is 0 Å². The van der Waals surface area contributed by atoms with Crippen LogP contribution in [0.1, 0.15) is 38.5 Å². The van der Waals surface area contributed by atoms with Crippen molar-refractivity contribution in [2.24, 2.45) is 23.2 Å². The first-order valence-corrected chi connectivity index (χ1v) is 8.24. The van der Waals surface area contributed by atoms with E-state index in [4.69, 9.17) is 0 Å². The molecular formula is C16H25NO3. The topological polar surface area (TPSA) is 60.8 Å². The van der Waals surface area contributed by atoms with Gasteiger partial charge in [-0.3, -0.25) is 9.69 Å². The highest BCUT2D eigenvalue weighted by Crippen LogP contribution is 2.62. The smallest absolute Gasteiger partial charge is 0.137 e. The van der Waals surface area contributed by atoms with Crippen LogP contribution >= 0.6 is 0 Å². The Morgan fingerprint density at radius 1 is 1.30 bits per heavy atom. The lowest BCUT2D eigenvalue weighted by Gasteiger charge is -2.58. The summed E-state index contributed by atoms with van der Waals surface area (Å²) in [5.74, 6) is 0.624. The molecular weight excluding hydrogens is 254 g/mol. The molecule has 4 heteroatoms. The summed E-state index contributed by atoms with van der Waals surface area (Å²) >= 11 is 0. The summed E-state index contributed by atoms with van der Waals surface area (Å²) in [5.41, 5.74) is 0.0247. The van der Waals surface area contributed by atoms with Crippen molar-refractivity contribution in [1.29, 1.82) is 0 Å². The minimum Gasteiger partial charge on any atom is -0.396 e. The van der Waals surface area contributed by atoms with E-state index in [9.17, 15) is 15.0 Å². The van der Waals surface area contributed by atoms with Gasteiger partial charge in [0, 0.05) is 36.3 Å². The number of ketones is 1. The van der Waals surface area contributed by atoms with E-state index in [1.165, 1.54) is 0 Å². The number of Topliss-reactive ketones (excluding diaryl/α,β-unsaturated/α-hetero) is 1. The van der Waals surface area contributed by atoms with Gasteiger partial charge in [-0.25, -0.2) is 0 Å². The quantitative estimate of drug-likeness (QED) is 0.746. The lowest BCUT2D eigenvalue weighted by molar-refractivity contribution is -0.142. The highest BCUT2D eigenvalue weighted by molar-refractivity contribution is 5.85. The predicted octanol–water partition coefficient (Wildman–Crippen LogP) is 0.809. The Labute approximate surface area is 120 Å². The molecule has 4 unspecified atom stereocenters. The molecule has 2 heterocycles. The molecule has 1 spiro atoms. The van der Waals surface area contributed by atoms with Crippen LogP contribution in [0, 0.1) is 23.2 Å². The molecule has 112 valence electrons. The number of carbonyl (C=O) groups excluding carboxylic acids is 1. The third kappa shape index (κ3) is 1.50. The molecule has 0 radical (unpaired) electrons. The summed E-state index contributed by atoms with van der Waals surface area (Å²) in [7, 11) is 0. The van der Waals surface area contributed by atoms with Gasteiger partial charge in [0.2, 0.25) is 0 Å². The van der Waals surface area contributed by atoms with E-state index in [-0.39, 0.29) is 29.8 Å². The number of hydrogen-bond acceptors (Lipinski definition) is 4. The van der Waals surface area contributed by atoms with Crippen molar-refractivity contribution in [3.63, 3.8) is 0 Å². The minimum atomic E-state index is -0.483. The van der Waals surface area contributed by atoms with Crippen LogP contribution in [0.5, 0.6) is 0 Å². The van der Waals surface area contributed by atoms with Crippen LogP contribution in [0.15, 0.2) is 0 Å². The summed E-state index contributed by atoms with van der Waals surface area (Å²) in [5, 5.41) is 20.3. The largest absolute Gasteiger partial charge is 0.396 e. The van der Waals surface area contributed by atoms with Gasteiger partial charge in [-0.2, -0.15) is 0 Å². The highest BCUT2D eigenvalue weighted by atomic mass is 16.3. The molecule has 2 bridgehead atoms. The molecule has 0 aromatic carbocycles. The second kappa shape index (κ2) is 4.52. The van der Waals surface area contributed by atoms with Crippen molar-refractivity contribution in [3.05, 3.63) is 0 Å². The number of aliphatic hydroxyl groups is 2. The van der Waals surface area contributed by atoms with Gasteiger partial charge in [-0.15, -0.1) is 0 Å². The van der Waals surface area contributed by atoms with E-state index in [1.54, 1.807) is 0 Å². The van der Waals surface area contributed by atoms with Crippen LogP contribution in [0.25, 0.3) is 0 Å². The Hall–Kier alpha value is -0.450. The van der Waals surface area contributed by atoms with E-state index in [0.717, 1.165) is 45.2 Å². The molecule has 0 aromatic heterocycles. The first kappa shape index (κ1) is 13.2. The van der Waals surface area contributed by atoms with Gasteiger partial charge in [0.15, 0.2) is 0 Å². The number of rotatable bonds is 1. The van der Waals surface area contributed by atoms with Gasteiger partial charge in [0.05, 0.1) is 6.10 Å². The second-order valence-corrected chi connectivity index (χ2v) is 7.41. The van der Waals surface area contributed by atoms with E-state index in [0.29, 0.717) is 18.2 Å². The number of piperidine rings is 1. The fourth-order valence-electron chi connectivity index (χ4n) is 6.14. The second-order valence-electron chi connectivity index (χ2n) is 7.41. The molecule has 20 heavy (non-hydrogen) atoms. The number of carbonyl (C=O) groups is 1. The maximum absolute atomic E-state index is 12.5. The molecule has 4 aliphatic rings. The van der Waals surface area contributed by atoms with Crippen molar-refractivity contribution >= 4 is 5.78 Å². The molecule has 0 aromatic rings. The zero-order valence-electron chi connectivity index (χ0n) is 12.0. The molecule has 2 aliphatic carbocycles. The van der Waals surface area contributed by atoms with Crippen molar-refractivity contribution < 1.29 is 15.0 Å². The Morgan fingerprint density at radius 2 is 2.10 bits per heavy atom. The molecule has 2 N–H and O–H groups in total. The molecule has 4 nitrogen and oxygen atoms in total. The summed E-state index contributed by atoms with van der Waals surface area (Å²) in [6, 6.07) is 0.417. The average Bonchev–Trinajstić information content (AvgIpc) is 2.68. The molecule has 4 rings (SSSR count). The van der Waals surface area contributed by atoms with Crippen LogP contribution in [-0.2, 0) is 4.79 Å². The predicted molar refractivity (Wildman–Crippen MR) is 74.1 cm³/mol. The fourth-order valence-corrected chi connectivity index (χ4v) is 6.14. The summed E-state index contributed by atoms with van der Waals surface area (Å²) in [6.07, 6.45) is 5.32. The molecule has 7 atom stereocenters. The van der Waals surface area contributed by atoms with Gasteiger partial charge >= 0.3 is 0 Å². The van der Waals surface area contributed by atoms with Crippen molar-refractivity contribution in [1.82, 2.24) is 4.90 Å². The standard InChI is InChI=1S/C16H25NO3/c18-9-10-7-14-16-4-2-6-17(14)5-1-3-11(16)13(19)8-12(16)15(10)20/h10-12,14-15,18,20H,1-9H2/t10-,11+,12?,14+,15?,16?/m0/s1. The van der Waals surface area contributed by atoms with Crippen molar-refractivity contribution in [2.75, 3.05) is 19.7 Å². The van der Waals surface area contributed by atoms with Crippen molar-refractivity contribution in [3.8, 4) is 0 Å². The van der Waals surface area contributed by atoms with Crippen molar-refractivity contribution in [2.45, 2.75) is 50.7 Å². The maximum atomic E-state index is 12.5. The third-order valence-corrected chi connectivity index (χ3v) is 6.86. The number of nitrogens with zero attached hydrogens (tertiary/aromatic N) is 1. The first-order chi connectivity index (χ1) is 9.68. The van der Waals surface area contributed by atoms with Gasteiger partial charge < -0.3 is 10.2 Å². The minimum absolute atomic E-state index is 0.0247. The first-order valence-electron chi connectivity index (χ1n) is 8.24. The SMILES string of the molecule is O=C1CC2C(O)[C@H](CO)C[C@H]3N4CCC[C@H]1C23CCC4. The van der Waals surface area contributed by atoms with Gasteiger partial charge in [-0.1, -0.05) is 0 Å². The van der Waals surface area contributed by atoms with Gasteiger partial charge in [-0.05, 0) is 51.1 Å². The van der Waals surface area contributed by atoms with Crippen LogP contribution in [0.2, 0.25) is 0 Å². The third-order valence-electron chi connectivity index (χ3n) is 6.86. The molecule has 2 aliphatic heterocycles. The molecule has 4 fully saturated rings. The Morgan fingerprint density at radius 3 is 2.90 bits per heavy atom. The van der Waals surface area contributed by atoms with E-state index in [2.05, 4.69) is 4.90 Å². The summed E-state index contributed by atoms with van der Waals surface area (Å²) in [4.78, 5) is 15.1. The Bertz CT molecular complexity index is 426. The van der Waals surface area contributed by atoms with Crippen LogP contribution in [0.3, 0.4) is 0 Å². The van der Waals surface area contributed by atoms with E-state index >= 15 is 0 Å². The molecule has 2 saturated carbocycles. The van der Waals surface area contributed by atoms with Crippen LogP contribution in [-0.4, -0.2) is 52.7 Å². The number of hydrogen-bond donors (Lipinski definition) is 2. The summed E-state index contributed by atoms with van der Waals surface area (Å²) < 4.78 is 0. The zero-order valence-corrected chi connectivity index (χ0v) is 12.0. The Kier molecular flexibility index (Phi) is 2.99.